The van der Waals surface area contributed by atoms with Crippen molar-refractivity contribution in [3.8, 4) is 0 Å². The highest BCUT2D eigenvalue weighted by Gasteiger charge is 2.41. The van der Waals surface area contributed by atoms with Gasteiger partial charge in [0.2, 0.25) is 5.91 Å². The number of piperazine rings is 1. The van der Waals surface area contributed by atoms with Crippen molar-refractivity contribution in [2.24, 2.45) is 0 Å². The molecule has 1 aromatic carbocycles. The van der Waals surface area contributed by atoms with E-state index < -0.39 is 0 Å². The lowest BCUT2D eigenvalue weighted by Gasteiger charge is -2.35. The van der Waals surface area contributed by atoms with E-state index in [-0.39, 0.29) is 24.3 Å². The topological polar surface area (TPSA) is 73.0 Å². The van der Waals surface area contributed by atoms with Crippen molar-refractivity contribution < 1.29 is 14.4 Å². The summed E-state index contributed by atoms with van der Waals surface area (Å²) in [7, 11) is 0. The number of carbonyl (C=O) groups excluding carboxylic acids is 3. The van der Waals surface area contributed by atoms with Crippen LogP contribution in [0.3, 0.4) is 0 Å². The first-order chi connectivity index (χ1) is 13.5. The fourth-order valence-electron chi connectivity index (χ4n) is 3.62. The first-order valence-electron chi connectivity index (χ1n) is 9.53. The third-order valence-corrected chi connectivity index (χ3v) is 5.08. The van der Waals surface area contributed by atoms with Gasteiger partial charge in [0, 0.05) is 45.3 Å². The second-order valence-corrected chi connectivity index (χ2v) is 6.91. The van der Waals surface area contributed by atoms with Crippen molar-refractivity contribution in [1.82, 2.24) is 14.7 Å². The maximum atomic E-state index is 13.0. The predicted octanol–water partition coefficient (Wildman–Crippen LogP) is 1.55. The minimum absolute atomic E-state index is 0.161. The molecule has 0 unspecified atom stereocenters. The molecule has 0 bridgehead atoms. The Hall–Kier alpha value is -2.93. The maximum absolute atomic E-state index is 13.0. The lowest BCUT2D eigenvalue weighted by Crippen LogP contribution is -2.47. The summed E-state index contributed by atoms with van der Waals surface area (Å²) in [6.07, 6.45) is 1.56. The van der Waals surface area contributed by atoms with Crippen molar-refractivity contribution in [1.29, 1.82) is 0 Å². The molecule has 2 heterocycles. The molecule has 1 aromatic rings. The summed E-state index contributed by atoms with van der Waals surface area (Å²) in [5.74, 6) is -0.730. The normalized spacial score (nSPS) is 18.1. The van der Waals surface area contributed by atoms with Crippen LogP contribution >= 0.6 is 0 Å². The molecular weight excluding hydrogens is 356 g/mol. The number of nitrogens with one attached hydrogen (secondary N) is 1. The van der Waals surface area contributed by atoms with Gasteiger partial charge in [0.25, 0.3) is 11.8 Å². The van der Waals surface area contributed by atoms with Crippen molar-refractivity contribution >= 4 is 29.0 Å². The molecule has 0 radical (unpaired) electrons. The van der Waals surface area contributed by atoms with E-state index >= 15 is 0 Å². The first-order valence-corrected chi connectivity index (χ1v) is 9.53. The van der Waals surface area contributed by atoms with Crippen LogP contribution < -0.4 is 5.32 Å². The summed E-state index contributed by atoms with van der Waals surface area (Å²) in [4.78, 5) is 42.9. The number of nitrogens with zero attached hydrogens (tertiary/aromatic N) is 3. The monoisotopic (exact) mass is 382 g/mol. The fourth-order valence-corrected chi connectivity index (χ4v) is 3.62. The van der Waals surface area contributed by atoms with Gasteiger partial charge >= 0.3 is 0 Å². The van der Waals surface area contributed by atoms with Crippen LogP contribution in [0.15, 0.2) is 42.6 Å². The number of carbonyl (C=O) groups is 3. The first kappa shape index (κ1) is 19.8. The summed E-state index contributed by atoms with van der Waals surface area (Å²) in [5.41, 5.74) is 2.21. The quantitative estimate of drug-likeness (QED) is 0.597. The van der Waals surface area contributed by atoms with E-state index in [0.29, 0.717) is 35.6 Å². The van der Waals surface area contributed by atoms with Gasteiger partial charge in [-0.2, -0.15) is 0 Å². The Bertz CT molecular complexity index is 821. The van der Waals surface area contributed by atoms with Crippen molar-refractivity contribution in [2.45, 2.75) is 13.8 Å². The number of imide groups is 1. The highest BCUT2D eigenvalue weighted by Crippen LogP contribution is 2.32. The number of amides is 3. The molecule has 2 aliphatic heterocycles. The molecular formula is C21H26N4O3. The second-order valence-electron chi connectivity index (χ2n) is 6.91. The zero-order chi connectivity index (χ0) is 20.3. The van der Waals surface area contributed by atoms with E-state index in [1.54, 1.807) is 30.3 Å². The number of rotatable bonds is 6. The van der Waals surface area contributed by atoms with Crippen LogP contribution in [0, 0.1) is 0 Å². The molecule has 1 N–H and O–H groups in total. The standard InChI is InChI=1S/C21H26N4O3/c1-4-10-25-20(27)18(16-6-8-17(9-7-16)22-15(3)26)19(21(25)28)24-13-11-23(5-2)12-14-24/h4,6-9H,1,5,10-14H2,2-3H3,(H,22,26). The molecule has 0 atom stereocenters. The molecule has 1 saturated heterocycles. The Morgan fingerprint density at radius 2 is 1.75 bits per heavy atom. The van der Waals surface area contributed by atoms with Crippen LogP contribution in [-0.4, -0.2) is 71.7 Å². The summed E-state index contributed by atoms with van der Waals surface area (Å²) in [6, 6.07) is 7.02. The van der Waals surface area contributed by atoms with Crippen molar-refractivity contribution in [3.63, 3.8) is 0 Å². The van der Waals surface area contributed by atoms with E-state index in [1.807, 2.05) is 4.90 Å². The molecule has 2 aliphatic rings. The minimum Gasteiger partial charge on any atom is -0.364 e. The van der Waals surface area contributed by atoms with Crippen LogP contribution in [0.4, 0.5) is 5.69 Å². The predicted molar refractivity (Wildman–Crippen MR) is 108 cm³/mol. The highest BCUT2D eigenvalue weighted by molar-refractivity contribution is 6.35. The molecule has 1 fully saturated rings. The van der Waals surface area contributed by atoms with E-state index in [4.69, 9.17) is 0 Å². The zero-order valence-electron chi connectivity index (χ0n) is 16.4. The Balaban J connectivity index is 1.97. The minimum atomic E-state index is -0.301. The average molecular weight is 382 g/mol. The molecule has 0 spiro atoms. The van der Waals surface area contributed by atoms with Gasteiger partial charge in [-0.1, -0.05) is 25.1 Å². The van der Waals surface area contributed by atoms with Crippen LogP contribution in [0.5, 0.6) is 0 Å². The highest BCUT2D eigenvalue weighted by atomic mass is 16.2. The SMILES string of the molecule is C=CCN1C(=O)C(c2ccc(NC(C)=O)cc2)=C(N2CCN(CC)CC2)C1=O. The lowest BCUT2D eigenvalue weighted by atomic mass is 10.0. The van der Waals surface area contributed by atoms with E-state index in [1.165, 1.54) is 11.8 Å². The number of likely N-dealkylation sites (N-methyl/N-ethyl adjacent to an activating group) is 1. The Morgan fingerprint density at radius 1 is 1.11 bits per heavy atom. The third-order valence-electron chi connectivity index (χ3n) is 5.08. The van der Waals surface area contributed by atoms with Crippen molar-refractivity contribution in [2.75, 3.05) is 44.6 Å². The Kier molecular flexibility index (Phi) is 5.94. The fraction of sp³-hybridized carbons (Fsp3) is 0.381. The Labute approximate surface area is 165 Å². The van der Waals surface area contributed by atoms with Crippen LogP contribution in [0.25, 0.3) is 5.57 Å². The van der Waals surface area contributed by atoms with Gasteiger partial charge in [-0.15, -0.1) is 6.58 Å². The van der Waals surface area contributed by atoms with E-state index in [2.05, 4.69) is 23.7 Å². The van der Waals surface area contributed by atoms with Gasteiger partial charge in [-0.25, -0.2) is 0 Å². The van der Waals surface area contributed by atoms with Gasteiger partial charge in [0.05, 0.1) is 5.57 Å². The van der Waals surface area contributed by atoms with Crippen LogP contribution in [0.1, 0.15) is 19.4 Å². The lowest BCUT2D eigenvalue weighted by molar-refractivity contribution is -0.137. The van der Waals surface area contributed by atoms with Gasteiger partial charge < -0.3 is 15.1 Å². The van der Waals surface area contributed by atoms with Gasteiger partial charge in [-0.05, 0) is 24.2 Å². The van der Waals surface area contributed by atoms with Gasteiger partial charge in [-0.3, -0.25) is 19.3 Å². The van der Waals surface area contributed by atoms with Gasteiger partial charge in [0.1, 0.15) is 5.70 Å². The second kappa shape index (κ2) is 8.39. The number of hydrogen-bond acceptors (Lipinski definition) is 5. The molecule has 3 rings (SSSR count). The third kappa shape index (κ3) is 3.84. The smallest absolute Gasteiger partial charge is 0.278 e. The number of hydrogen-bond donors (Lipinski definition) is 1. The van der Waals surface area contributed by atoms with Gasteiger partial charge in [0.15, 0.2) is 0 Å². The molecule has 0 aromatic heterocycles. The molecule has 0 saturated carbocycles. The molecule has 148 valence electrons. The van der Waals surface area contributed by atoms with Crippen LogP contribution in [-0.2, 0) is 14.4 Å². The van der Waals surface area contributed by atoms with E-state index in [0.717, 1.165) is 19.6 Å². The number of anilines is 1. The molecule has 3 amide bonds. The largest absolute Gasteiger partial charge is 0.364 e. The summed E-state index contributed by atoms with van der Waals surface area (Å²) < 4.78 is 0. The molecule has 0 aliphatic carbocycles. The maximum Gasteiger partial charge on any atom is 0.278 e. The zero-order valence-corrected chi connectivity index (χ0v) is 16.4. The summed E-state index contributed by atoms with van der Waals surface area (Å²) >= 11 is 0. The Morgan fingerprint density at radius 3 is 2.29 bits per heavy atom. The average Bonchev–Trinajstić information content (AvgIpc) is 2.93. The van der Waals surface area contributed by atoms with E-state index in [9.17, 15) is 14.4 Å². The molecule has 7 heteroatoms. The molecule has 28 heavy (non-hydrogen) atoms. The summed E-state index contributed by atoms with van der Waals surface area (Å²) in [6.45, 7) is 11.5. The number of benzene rings is 1. The van der Waals surface area contributed by atoms with Crippen molar-refractivity contribution in [3.05, 3.63) is 48.2 Å². The molecule has 7 nitrogen and oxygen atoms in total. The van der Waals surface area contributed by atoms with Crippen LogP contribution in [0.2, 0.25) is 0 Å². The summed E-state index contributed by atoms with van der Waals surface area (Å²) in [5, 5.41) is 2.71.